The molecular formula is C17H15Cl2N3O3S. The third kappa shape index (κ3) is 4.35. The van der Waals surface area contributed by atoms with Crippen molar-refractivity contribution in [2.45, 2.75) is 12.8 Å². The molecule has 26 heavy (non-hydrogen) atoms. The van der Waals surface area contributed by atoms with Gasteiger partial charge in [0.25, 0.3) is 0 Å². The summed E-state index contributed by atoms with van der Waals surface area (Å²) in [5, 5.41) is 4.94. The van der Waals surface area contributed by atoms with Gasteiger partial charge in [-0.3, -0.25) is 4.72 Å². The monoisotopic (exact) mass is 411 g/mol. The van der Waals surface area contributed by atoms with E-state index in [1.807, 2.05) is 13.0 Å². The van der Waals surface area contributed by atoms with Crippen LogP contribution in [0.15, 0.2) is 47.0 Å². The smallest absolute Gasteiger partial charge is 0.234 e. The first kappa shape index (κ1) is 18.7. The minimum absolute atomic E-state index is 0.155. The van der Waals surface area contributed by atoms with E-state index in [1.54, 1.807) is 36.4 Å². The highest BCUT2D eigenvalue weighted by Gasteiger charge is 2.18. The van der Waals surface area contributed by atoms with Gasteiger partial charge in [-0.05, 0) is 48.9 Å². The molecule has 1 atom stereocenters. The maximum atomic E-state index is 11.2. The molecule has 0 amide bonds. The maximum Gasteiger partial charge on any atom is 0.234 e. The van der Waals surface area contributed by atoms with Crippen LogP contribution in [-0.4, -0.2) is 24.8 Å². The Morgan fingerprint density at radius 1 is 1.08 bits per heavy atom. The Bertz CT molecular complexity index is 1030. The van der Waals surface area contributed by atoms with Crippen LogP contribution in [0.3, 0.4) is 0 Å². The predicted molar refractivity (Wildman–Crippen MR) is 102 cm³/mol. The quantitative estimate of drug-likeness (QED) is 0.664. The first-order valence-electron chi connectivity index (χ1n) is 7.60. The van der Waals surface area contributed by atoms with Crippen LogP contribution < -0.4 is 4.72 Å². The molecule has 9 heteroatoms. The van der Waals surface area contributed by atoms with Gasteiger partial charge < -0.3 is 4.52 Å². The van der Waals surface area contributed by atoms with Crippen LogP contribution in [0.4, 0.5) is 5.69 Å². The SMILES string of the molecule is CC(c1ccc(Cl)c(Cl)c1)c1nc(-c2ccc(NS(C)(=O)=O)cc2)no1. The van der Waals surface area contributed by atoms with Gasteiger partial charge >= 0.3 is 0 Å². The van der Waals surface area contributed by atoms with E-state index in [2.05, 4.69) is 14.9 Å². The second-order valence-corrected chi connectivity index (χ2v) is 8.37. The average molecular weight is 412 g/mol. The summed E-state index contributed by atoms with van der Waals surface area (Å²) in [4.78, 5) is 4.42. The summed E-state index contributed by atoms with van der Waals surface area (Å²) in [5.74, 6) is 0.701. The van der Waals surface area contributed by atoms with Gasteiger partial charge in [-0.2, -0.15) is 4.98 Å². The number of rotatable bonds is 5. The minimum Gasteiger partial charge on any atom is -0.338 e. The summed E-state index contributed by atoms with van der Waals surface area (Å²) in [5.41, 5.74) is 2.08. The Hall–Kier alpha value is -2.09. The van der Waals surface area contributed by atoms with E-state index in [1.165, 1.54) is 0 Å². The molecule has 1 N–H and O–H groups in total. The molecule has 2 aromatic carbocycles. The second kappa shape index (κ2) is 7.26. The van der Waals surface area contributed by atoms with Crippen LogP contribution in [-0.2, 0) is 10.0 Å². The largest absolute Gasteiger partial charge is 0.338 e. The fourth-order valence-corrected chi connectivity index (χ4v) is 3.22. The number of aromatic nitrogens is 2. The molecular weight excluding hydrogens is 397 g/mol. The molecule has 0 fully saturated rings. The van der Waals surface area contributed by atoms with E-state index < -0.39 is 10.0 Å². The highest BCUT2D eigenvalue weighted by Crippen LogP contribution is 2.30. The Morgan fingerprint density at radius 3 is 2.38 bits per heavy atom. The molecule has 1 aromatic heterocycles. The number of anilines is 1. The van der Waals surface area contributed by atoms with E-state index in [-0.39, 0.29) is 5.92 Å². The second-order valence-electron chi connectivity index (χ2n) is 5.80. The first-order chi connectivity index (χ1) is 12.2. The van der Waals surface area contributed by atoms with Crippen LogP contribution in [0.2, 0.25) is 10.0 Å². The van der Waals surface area contributed by atoms with Crippen LogP contribution in [0, 0.1) is 0 Å². The Labute approximate surface area is 161 Å². The van der Waals surface area contributed by atoms with E-state index >= 15 is 0 Å². The van der Waals surface area contributed by atoms with Crippen LogP contribution in [0.5, 0.6) is 0 Å². The molecule has 3 rings (SSSR count). The van der Waals surface area contributed by atoms with Crippen molar-refractivity contribution in [1.82, 2.24) is 10.1 Å². The van der Waals surface area contributed by atoms with Crippen LogP contribution in [0.1, 0.15) is 24.3 Å². The summed E-state index contributed by atoms with van der Waals surface area (Å²) in [6.45, 7) is 1.93. The summed E-state index contributed by atoms with van der Waals surface area (Å²) in [6.07, 6.45) is 1.09. The molecule has 0 saturated heterocycles. The van der Waals surface area contributed by atoms with Gasteiger partial charge in [0.2, 0.25) is 21.7 Å². The summed E-state index contributed by atoms with van der Waals surface area (Å²) >= 11 is 12.0. The van der Waals surface area contributed by atoms with E-state index in [4.69, 9.17) is 27.7 Å². The number of benzene rings is 2. The number of sulfonamides is 1. The molecule has 1 heterocycles. The van der Waals surface area contributed by atoms with Gasteiger partial charge in [0, 0.05) is 11.3 Å². The van der Waals surface area contributed by atoms with Crippen molar-refractivity contribution >= 4 is 38.9 Å². The van der Waals surface area contributed by atoms with Gasteiger partial charge in [-0.1, -0.05) is 34.4 Å². The lowest BCUT2D eigenvalue weighted by Gasteiger charge is -2.07. The third-order valence-corrected chi connectivity index (χ3v) is 5.05. The molecule has 0 aliphatic carbocycles. The van der Waals surface area contributed by atoms with E-state index in [0.717, 1.165) is 11.8 Å². The molecule has 1 unspecified atom stereocenters. The normalized spacial score (nSPS) is 12.8. The maximum absolute atomic E-state index is 11.2. The number of nitrogens with one attached hydrogen (secondary N) is 1. The zero-order chi connectivity index (χ0) is 18.9. The number of hydrogen-bond donors (Lipinski definition) is 1. The van der Waals surface area contributed by atoms with Crippen molar-refractivity contribution in [3.8, 4) is 11.4 Å². The highest BCUT2D eigenvalue weighted by molar-refractivity contribution is 7.92. The zero-order valence-electron chi connectivity index (χ0n) is 13.9. The van der Waals surface area contributed by atoms with Crippen molar-refractivity contribution in [1.29, 1.82) is 0 Å². The predicted octanol–water partition coefficient (Wildman–Crippen LogP) is 4.57. The summed E-state index contributed by atoms with van der Waals surface area (Å²) in [6, 6.07) is 12.0. The summed E-state index contributed by atoms with van der Waals surface area (Å²) in [7, 11) is -3.32. The fraction of sp³-hybridized carbons (Fsp3) is 0.176. The van der Waals surface area contributed by atoms with Gasteiger partial charge in [0.05, 0.1) is 22.2 Å². The number of nitrogens with zero attached hydrogens (tertiary/aromatic N) is 2. The summed E-state index contributed by atoms with van der Waals surface area (Å²) < 4.78 is 30.3. The molecule has 3 aromatic rings. The van der Waals surface area contributed by atoms with Crippen molar-refractivity contribution in [3.63, 3.8) is 0 Å². The lowest BCUT2D eigenvalue weighted by molar-refractivity contribution is 0.371. The first-order valence-corrected chi connectivity index (χ1v) is 10.2. The van der Waals surface area contributed by atoms with Gasteiger partial charge in [0.1, 0.15) is 0 Å². The minimum atomic E-state index is -3.32. The number of halogens is 2. The molecule has 0 aliphatic heterocycles. The molecule has 0 aliphatic rings. The molecule has 0 saturated carbocycles. The van der Waals surface area contributed by atoms with Gasteiger partial charge in [-0.25, -0.2) is 8.42 Å². The van der Waals surface area contributed by atoms with Crippen LogP contribution in [0.25, 0.3) is 11.4 Å². The average Bonchev–Trinajstić information content (AvgIpc) is 3.06. The molecule has 6 nitrogen and oxygen atoms in total. The van der Waals surface area contributed by atoms with Crippen molar-refractivity contribution < 1.29 is 12.9 Å². The van der Waals surface area contributed by atoms with Crippen LogP contribution >= 0.6 is 23.2 Å². The Kier molecular flexibility index (Phi) is 5.22. The van der Waals surface area contributed by atoms with Gasteiger partial charge in [-0.15, -0.1) is 0 Å². The molecule has 0 bridgehead atoms. The molecule has 136 valence electrons. The van der Waals surface area contributed by atoms with Crippen molar-refractivity contribution in [3.05, 3.63) is 64.0 Å². The van der Waals surface area contributed by atoms with Crippen molar-refractivity contribution in [2.75, 3.05) is 11.0 Å². The highest BCUT2D eigenvalue weighted by atomic mass is 35.5. The number of hydrogen-bond acceptors (Lipinski definition) is 5. The van der Waals surface area contributed by atoms with Gasteiger partial charge in [0.15, 0.2) is 0 Å². The fourth-order valence-electron chi connectivity index (χ4n) is 2.35. The van der Waals surface area contributed by atoms with E-state index in [9.17, 15) is 8.42 Å². The Balaban J connectivity index is 1.82. The lowest BCUT2D eigenvalue weighted by atomic mass is 10.0. The molecule has 0 spiro atoms. The Morgan fingerprint density at radius 2 is 1.77 bits per heavy atom. The van der Waals surface area contributed by atoms with Crippen molar-refractivity contribution in [2.24, 2.45) is 0 Å². The van der Waals surface area contributed by atoms with E-state index in [0.29, 0.717) is 33.0 Å². The standard InChI is InChI=1S/C17H15Cl2N3O3S/c1-10(12-5-8-14(18)15(19)9-12)17-20-16(21-25-17)11-3-6-13(7-4-11)22-26(2,23)24/h3-10,22H,1-2H3. The third-order valence-electron chi connectivity index (χ3n) is 3.70. The topological polar surface area (TPSA) is 85.1 Å². The lowest BCUT2D eigenvalue weighted by Crippen LogP contribution is -2.09. The zero-order valence-corrected chi connectivity index (χ0v) is 16.2. The molecule has 0 radical (unpaired) electrons.